The molecule has 1 saturated heterocycles. The number of anilines is 4. The Bertz CT molecular complexity index is 1270. The first-order chi connectivity index (χ1) is 17.9. The number of benzene rings is 2. The van der Waals surface area contributed by atoms with Crippen LogP contribution < -0.4 is 25.1 Å². The van der Waals surface area contributed by atoms with E-state index in [1.54, 1.807) is 36.4 Å². The van der Waals surface area contributed by atoms with E-state index in [1.807, 2.05) is 0 Å². The largest absolute Gasteiger partial charge is 0.493 e. The van der Waals surface area contributed by atoms with Crippen molar-refractivity contribution in [2.24, 2.45) is 5.10 Å². The SMILES string of the molecule is COc1cccc(/C=N\Nc2nc(Nc3ccccc3F)nc(N3CCCC[C@@H]3C)n2)c1OCC(=O)O. The minimum Gasteiger partial charge on any atom is -0.493 e. The lowest BCUT2D eigenvalue weighted by molar-refractivity contribution is -0.139. The molecule has 11 nitrogen and oxygen atoms in total. The molecule has 12 heteroatoms. The molecule has 4 rings (SSSR count). The van der Waals surface area contributed by atoms with Gasteiger partial charge in [0.15, 0.2) is 18.1 Å². The van der Waals surface area contributed by atoms with E-state index in [0.717, 1.165) is 25.8 Å². The molecule has 0 spiro atoms. The number of aromatic nitrogens is 3. The Balaban J connectivity index is 1.61. The van der Waals surface area contributed by atoms with Gasteiger partial charge >= 0.3 is 5.97 Å². The van der Waals surface area contributed by atoms with E-state index in [-0.39, 0.29) is 29.4 Å². The number of carboxylic acids is 1. The molecule has 1 atom stereocenters. The minimum absolute atomic E-state index is 0.147. The fraction of sp³-hybridized carbons (Fsp3) is 0.320. The highest BCUT2D eigenvalue weighted by Gasteiger charge is 2.22. The van der Waals surface area contributed by atoms with Gasteiger partial charge in [-0.15, -0.1) is 0 Å². The Hall–Kier alpha value is -4.48. The number of rotatable bonds is 10. The average Bonchev–Trinajstić information content (AvgIpc) is 2.89. The molecule has 0 aliphatic carbocycles. The second-order valence-corrected chi connectivity index (χ2v) is 8.36. The molecule has 1 aliphatic rings. The van der Waals surface area contributed by atoms with Crippen molar-refractivity contribution < 1.29 is 23.8 Å². The Morgan fingerprint density at radius 3 is 2.76 bits per heavy atom. The molecule has 0 bridgehead atoms. The quantitative estimate of drug-likeness (QED) is 0.271. The average molecular weight is 510 g/mol. The van der Waals surface area contributed by atoms with Gasteiger partial charge in [-0.25, -0.2) is 14.6 Å². The van der Waals surface area contributed by atoms with Crippen molar-refractivity contribution in [2.45, 2.75) is 32.2 Å². The van der Waals surface area contributed by atoms with Crippen molar-refractivity contribution >= 4 is 35.7 Å². The first kappa shape index (κ1) is 25.6. The Morgan fingerprint density at radius 1 is 1.19 bits per heavy atom. The van der Waals surface area contributed by atoms with Crippen molar-refractivity contribution in [2.75, 3.05) is 35.9 Å². The van der Waals surface area contributed by atoms with Crippen LogP contribution in [0.4, 0.5) is 27.9 Å². The van der Waals surface area contributed by atoms with Gasteiger partial charge in [-0.2, -0.15) is 20.1 Å². The Morgan fingerprint density at radius 2 is 2.00 bits per heavy atom. The number of para-hydroxylation sites is 2. The maximum absolute atomic E-state index is 14.3. The van der Waals surface area contributed by atoms with E-state index >= 15 is 0 Å². The van der Waals surface area contributed by atoms with Crippen molar-refractivity contribution in [3.63, 3.8) is 0 Å². The van der Waals surface area contributed by atoms with E-state index in [4.69, 9.17) is 14.6 Å². The standard InChI is InChI=1S/C25H28FN7O4/c1-16-8-5-6-13-33(16)25-30-23(28-19-11-4-3-10-18(19)26)29-24(31-25)32-27-14-17-9-7-12-20(36-2)22(17)37-15-21(34)35/h3-4,7,9-12,14,16H,5-6,8,13,15H2,1-2H3,(H,34,35)(H2,28,29,30,31,32)/b27-14-/t16-/m0/s1. The van der Waals surface area contributed by atoms with Gasteiger partial charge in [-0.3, -0.25) is 0 Å². The predicted molar refractivity (Wildman–Crippen MR) is 138 cm³/mol. The van der Waals surface area contributed by atoms with Crippen LogP contribution in [0.3, 0.4) is 0 Å². The first-order valence-corrected chi connectivity index (χ1v) is 11.8. The van der Waals surface area contributed by atoms with Crippen LogP contribution in [0.25, 0.3) is 0 Å². The van der Waals surface area contributed by atoms with Crippen molar-refractivity contribution in [1.82, 2.24) is 15.0 Å². The van der Waals surface area contributed by atoms with Crippen molar-refractivity contribution in [1.29, 1.82) is 0 Å². The Labute approximate surface area is 213 Å². The van der Waals surface area contributed by atoms with E-state index in [0.29, 0.717) is 17.3 Å². The van der Waals surface area contributed by atoms with Crippen LogP contribution in [0.2, 0.25) is 0 Å². The van der Waals surface area contributed by atoms with Crippen molar-refractivity contribution in [3.05, 3.63) is 53.8 Å². The molecule has 37 heavy (non-hydrogen) atoms. The molecular formula is C25H28FN7O4. The molecule has 1 fully saturated rings. The maximum Gasteiger partial charge on any atom is 0.341 e. The molecule has 194 valence electrons. The van der Waals surface area contributed by atoms with Gasteiger partial charge in [-0.05, 0) is 50.5 Å². The monoisotopic (exact) mass is 509 g/mol. The maximum atomic E-state index is 14.3. The number of carboxylic acid groups (broad SMARTS) is 1. The summed E-state index contributed by atoms with van der Waals surface area (Å²) in [5.41, 5.74) is 3.51. The molecule has 0 amide bonds. The number of aliphatic carboxylic acids is 1. The lowest BCUT2D eigenvalue weighted by Gasteiger charge is -2.33. The van der Waals surface area contributed by atoms with Gasteiger partial charge in [0.05, 0.1) is 19.0 Å². The van der Waals surface area contributed by atoms with Gasteiger partial charge in [0.1, 0.15) is 5.82 Å². The minimum atomic E-state index is -1.12. The first-order valence-electron chi connectivity index (χ1n) is 11.8. The summed E-state index contributed by atoms with van der Waals surface area (Å²) >= 11 is 0. The molecule has 0 saturated carbocycles. The molecule has 3 aromatic rings. The zero-order valence-corrected chi connectivity index (χ0v) is 20.5. The number of nitrogens with one attached hydrogen (secondary N) is 2. The summed E-state index contributed by atoms with van der Waals surface area (Å²) in [6, 6.07) is 11.6. The van der Waals surface area contributed by atoms with Gasteiger partial charge in [0, 0.05) is 18.2 Å². The van der Waals surface area contributed by atoms with Crippen LogP contribution >= 0.6 is 0 Å². The molecule has 1 aromatic heterocycles. The summed E-state index contributed by atoms with van der Waals surface area (Å²) in [7, 11) is 1.46. The van der Waals surface area contributed by atoms with Crippen LogP contribution in [0.1, 0.15) is 31.7 Å². The smallest absolute Gasteiger partial charge is 0.341 e. The second-order valence-electron chi connectivity index (χ2n) is 8.36. The van der Waals surface area contributed by atoms with Crippen LogP contribution in [0, 0.1) is 5.82 Å². The van der Waals surface area contributed by atoms with Crippen LogP contribution in [-0.4, -0.2) is 58.5 Å². The third-order valence-corrected chi connectivity index (χ3v) is 5.74. The number of hydrazone groups is 1. The van der Waals surface area contributed by atoms with E-state index < -0.39 is 18.4 Å². The molecule has 0 radical (unpaired) electrons. The molecule has 3 N–H and O–H groups in total. The van der Waals surface area contributed by atoms with E-state index in [2.05, 4.69) is 42.6 Å². The molecule has 1 aliphatic heterocycles. The summed E-state index contributed by atoms with van der Waals surface area (Å²) in [6.45, 7) is 2.37. The van der Waals surface area contributed by atoms with E-state index in [9.17, 15) is 9.18 Å². The summed E-state index contributed by atoms with van der Waals surface area (Å²) in [5.74, 6) is -0.194. The zero-order valence-electron chi connectivity index (χ0n) is 20.5. The van der Waals surface area contributed by atoms with Crippen LogP contribution in [-0.2, 0) is 4.79 Å². The lowest BCUT2D eigenvalue weighted by Crippen LogP contribution is -2.38. The number of nitrogens with zero attached hydrogens (tertiary/aromatic N) is 5. The summed E-state index contributed by atoms with van der Waals surface area (Å²) < 4.78 is 24.9. The fourth-order valence-electron chi connectivity index (χ4n) is 3.92. The number of ether oxygens (including phenoxy) is 2. The summed E-state index contributed by atoms with van der Waals surface area (Å²) in [5, 5.41) is 16.1. The Kier molecular flexibility index (Phi) is 8.29. The second kappa shape index (κ2) is 12.0. The number of hydrogen-bond donors (Lipinski definition) is 3. The third-order valence-electron chi connectivity index (χ3n) is 5.74. The summed E-state index contributed by atoms with van der Waals surface area (Å²) in [4.78, 5) is 26.5. The van der Waals surface area contributed by atoms with Crippen LogP contribution in [0.15, 0.2) is 47.6 Å². The molecule has 2 heterocycles. The van der Waals surface area contributed by atoms with Crippen molar-refractivity contribution in [3.8, 4) is 11.5 Å². The van der Waals surface area contributed by atoms with Gasteiger partial charge in [0.2, 0.25) is 17.8 Å². The third kappa shape index (κ3) is 6.60. The highest BCUT2D eigenvalue weighted by atomic mass is 19.1. The highest BCUT2D eigenvalue weighted by molar-refractivity contribution is 5.85. The lowest BCUT2D eigenvalue weighted by atomic mass is 10.0. The summed E-state index contributed by atoms with van der Waals surface area (Å²) in [6.07, 6.45) is 4.60. The number of carbonyl (C=O) groups is 1. The fourth-order valence-corrected chi connectivity index (χ4v) is 3.92. The number of piperidine rings is 1. The normalized spacial score (nSPS) is 15.4. The van der Waals surface area contributed by atoms with Gasteiger partial charge in [0.25, 0.3) is 0 Å². The molecule has 2 aromatic carbocycles. The topological polar surface area (TPSA) is 134 Å². The molecular weight excluding hydrogens is 481 g/mol. The number of hydrogen-bond acceptors (Lipinski definition) is 10. The zero-order chi connectivity index (χ0) is 26.2. The van der Waals surface area contributed by atoms with Gasteiger partial charge < -0.3 is 24.8 Å². The number of halogens is 1. The number of methoxy groups -OCH3 is 1. The molecule has 0 unspecified atom stereocenters. The van der Waals surface area contributed by atoms with Gasteiger partial charge in [-0.1, -0.05) is 18.2 Å². The van der Waals surface area contributed by atoms with Crippen LogP contribution in [0.5, 0.6) is 11.5 Å². The predicted octanol–water partition coefficient (Wildman–Crippen LogP) is 4.05. The highest BCUT2D eigenvalue weighted by Crippen LogP contribution is 2.30. The van der Waals surface area contributed by atoms with E-state index in [1.165, 1.54) is 19.4 Å².